The first-order chi connectivity index (χ1) is 14.4. The number of methoxy groups -OCH3 is 2. The molecule has 0 aromatic heterocycles. The minimum atomic E-state index is -0.372. The molecule has 0 saturated carbocycles. The molecule has 0 radical (unpaired) electrons. The number of hydrogen-bond acceptors (Lipinski definition) is 7. The van der Waals surface area contributed by atoms with E-state index in [2.05, 4.69) is 12.1 Å². The second-order valence-corrected chi connectivity index (χ2v) is 7.99. The Kier molecular flexibility index (Phi) is 5.01. The van der Waals surface area contributed by atoms with Gasteiger partial charge in [-0.2, -0.15) is 0 Å². The molecule has 1 heterocycles. The molecule has 2 unspecified atom stereocenters. The van der Waals surface area contributed by atoms with Crippen molar-refractivity contribution in [1.29, 1.82) is 0 Å². The minimum Gasteiger partial charge on any atom is -0.497 e. The van der Waals surface area contributed by atoms with Crippen molar-refractivity contribution in [1.82, 2.24) is 4.90 Å². The molecule has 0 bridgehead atoms. The lowest BCUT2D eigenvalue weighted by Crippen LogP contribution is -2.42. The largest absolute Gasteiger partial charge is 0.497 e. The van der Waals surface area contributed by atoms with Gasteiger partial charge in [0.05, 0.1) is 25.2 Å². The van der Waals surface area contributed by atoms with Gasteiger partial charge in [0.25, 0.3) is 5.69 Å². The number of nitro benzene ring substituents is 1. The fraction of sp³-hybridized carbons (Fsp3) is 0.409. The molecule has 0 spiro atoms. The smallest absolute Gasteiger partial charge is 0.269 e. The lowest BCUT2D eigenvalue weighted by Gasteiger charge is -2.35. The number of ether oxygens (including phenoxy) is 2. The Balaban J connectivity index is 1.84. The van der Waals surface area contributed by atoms with Crippen LogP contribution in [0.2, 0.25) is 0 Å². The lowest BCUT2D eigenvalue weighted by atomic mass is 9.71. The van der Waals surface area contributed by atoms with E-state index in [1.807, 2.05) is 18.0 Å². The summed E-state index contributed by atoms with van der Waals surface area (Å²) in [5, 5.41) is 11.4. The fourth-order valence-corrected chi connectivity index (χ4v) is 4.84. The first-order valence-corrected chi connectivity index (χ1v) is 9.91. The predicted octanol–water partition coefficient (Wildman–Crippen LogP) is 2.67. The molecule has 1 aliphatic heterocycles. The maximum atomic E-state index is 11.4. The summed E-state index contributed by atoms with van der Waals surface area (Å²) in [6.45, 7) is 0.703. The molecule has 2 aromatic carbocycles. The summed E-state index contributed by atoms with van der Waals surface area (Å²) >= 11 is 0. The van der Waals surface area contributed by atoms with Crippen molar-refractivity contribution < 1.29 is 14.4 Å². The highest BCUT2D eigenvalue weighted by Crippen LogP contribution is 2.48. The van der Waals surface area contributed by atoms with E-state index in [0.717, 1.165) is 24.2 Å². The van der Waals surface area contributed by atoms with Crippen molar-refractivity contribution in [2.24, 2.45) is 10.7 Å². The number of aryl methyl sites for hydroxylation is 1. The van der Waals surface area contributed by atoms with E-state index in [1.165, 1.54) is 17.2 Å². The summed E-state index contributed by atoms with van der Waals surface area (Å²) in [5.74, 6) is 1.99. The van der Waals surface area contributed by atoms with Crippen molar-refractivity contribution in [3.05, 3.63) is 63.2 Å². The Bertz CT molecular complexity index is 1020. The Morgan fingerprint density at radius 2 is 2.07 bits per heavy atom. The maximum Gasteiger partial charge on any atom is 0.269 e. The molecule has 0 amide bonds. The highest BCUT2D eigenvalue weighted by atomic mass is 16.6. The normalized spacial score (nSPS) is 22.6. The van der Waals surface area contributed by atoms with Crippen molar-refractivity contribution >= 4 is 11.6 Å². The van der Waals surface area contributed by atoms with Gasteiger partial charge in [-0.25, -0.2) is 4.99 Å². The number of hydrogen-bond donors (Lipinski definition) is 1. The Labute approximate surface area is 175 Å². The molecule has 1 aliphatic carbocycles. The standard InChI is InChI=1S/C22H26N4O4/c1-25-13-20(24-21(25)23)22(9-8-14-11-17(29-2)5-6-18(14)22)12-15-10-16(26(27)28)4-7-19(15)30-3/h4-7,10-11,20H,8-9,12-13H2,1-3H3,(H2,23,24). The molecule has 2 atom stereocenters. The molecule has 0 fully saturated rings. The summed E-state index contributed by atoms with van der Waals surface area (Å²) in [7, 11) is 5.18. The third kappa shape index (κ3) is 3.22. The van der Waals surface area contributed by atoms with Crippen LogP contribution in [0.5, 0.6) is 11.5 Å². The van der Waals surface area contributed by atoms with Gasteiger partial charge in [0.15, 0.2) is 5.96 Å². The van der Waals surface area contributed by atoms with Gasteiger partial charge in [-0.3, -0.25) is 10.1 Å². The summed E-state index contributed by atoms with van der Waals surface area (Å²) in [6.07, 6.45) is 2.34. The zero-order chi connectivity index (χ0) is 21.5. The van der Waals surface area contributed by atoms with Gasteiger partial charge in [-0.05, 0) is 48.6 Å². The number of aliphatic imine (C=N–C) groups is 1. The third-order valence-corrected chi connectivity index (χ3v) is 6.43. The fourth-order valence-electron chi connectivity index (χ4n) is 4.84. The van der Waals surface area contributed by atoms with E-state index in [1.54, 1.807) is 26.4 Å². The van der Waals surface area contributed by atoms with E-state index >= 15 is 0 Å². The van der Waals surface area contributed by atoms with Crippen molar-refractivity contribution in [2.45, 2.75) is 30.7 Å². The maximum absolute atomic E-state index is 11.4. The van der Waals surface area contributed by atoms with Crippen LogP contribution in [0.25, 0.3) is 0 Å². The molecule has 2 aliphatic rings. The van der Waals surface area contributed by atoms with Crippen LogP contribution in [-0.2, 0) is 18.3 Å². The van der Waals surface area contributed by atoms with Gasteiger partial charge < -0.3 is 20.1 Å². The zero-order valence-corrected chi connectivity index (χ0v) is 17.4. The number of likely N-dealkylation sites (N-methyl/N-ethyl adjacent to an activating group) is 1. The van der Waals surface area contributed by atoms with Gasteiger partial charge in [-0.15, -0.1) is 0 Å². The van der Waals surface area contributed by atoms with Gasteiger partial charge in [0, 0.05) is 36.7 Å². The Morgan fingerprint density at radius 1 is 1.27 bits per heavy atom. The minimum absolute atomic E-state index is 0.0545. The third-order valence-electron chi connectivity index (χ3n) is 6.43. The lowest BCUT2D eigenvalue weighted by molar-refractivity contribution is -0.384. The molecular weight excluding hydrogens is 384 g/mol. The SMILES string of the molecule is COc1ccc2c(c1)CCC2(Cc1cc([N+](=O)[O-])ccc1OC)C1CN(C)C(N)=N1. The average Bonchev–Trinajstić information content (AvgIpc) is 3.28. The molecule has 158 valence electrons. The number of rotatable bonds is 6. The molecule has 0 saturated heterocycles. The first kappa shape index (κ1) is 20.0. The second kappa shape index (κ2) is 7.51. The van der Waals surface area contributed by atoms with Crippen molar-refractivity contribution in [3.8, 4) is 11.5 Å². The Hall–Kier alpha value is -3.29. The van der Waals surface area contributed by atoms with Crippen LogP contribution in [0.4, 0.5) is 5.69 Å². The van der Waals surface area contributed by atoms with E-state index in [-0.39, 0.29) is 22.1 Å². The van der Waals surface area contributed by atoms with Gasteiger partial charge in [-0.1, -0.05) is 6.07 Å². The molecule has 8 nitrogen and oxygen atoms in total. The Morgan fingerprint density at radius 3 is 2.70 bits per heavy atom. The predicted molar refractivity (Wildman–Crippen MR) is 114 cm³/mol. The number of benzene rings is 2. The molecule has 30 heavy (non-hydrogen) atoms. The second-order valence-electron chi connectivity index (χ2n) is 7.99. The summed E-state index contributed by atoms with van der Waals surface area (Å²) in [4.78, 5) is 17.8. The topological polar surface area (TPSA) is 103 Å². The van der Waals surface area contributed by atoms with Crippen LogP contribution < -0.4 is 15.2 Å². The number of nitro groups is 1. The average molecular weight is 410 g/mol. The summed E-state index contributed by atoms with van der Waals surface area (Å²) < 4.78 is 11.0. The van der Waals surface area contributed by atoms with Crippen LogP contribution in [-0.4, -0.2) is 49.6 Å². The van der Waals surface area contributed by atoms with Crippen LogP contribution in [0.15, 0.2) is 41.4 Å². The van der Waals surface area contributed by atoms with Crippen LogP contribution in [0.1, 0.15) is 23.1 Å². The number of guanidine groups is 1. The van der Waals surface area contributed by atoms with Gasteiger partial charge in [0.2, 0.25) is 0 Å². The van der Waals surface area contributed by atoms with Crippen LogP contribution in [0.3, 0.4) is 0 Å². The first-order valence-electron chi connectivity index (χ1n) is 9.91. The number of non-ortho nitro benzene ring substituents is 1. The van der Waals surface area contributed by atoms with E-state index in [9.17, 15) is 10.1 Å². The number of fused-ring (bicyclic) bond motifs is 1. The van der Waals surface area contributed by atoms with E-state index < -0.39 is 0 Å². The highest BCUT2D eigenvalue weighted by Gasteiger charge is 2.48. The number of nitrogens with zero attached hydrogens (tertiary/aromatic N) is 3. The van der Waals surface area contributed by atoms with E-state index in [4.69, 9.17) is 20.2 Å². The molecule has 8 heteroatoms. The molecule has 4 rings (SSSR count). The van der Waals surface area contributed by atoms with Crippen LogP contribution >= 0.6 is 0 Å². The highest BCUT2D eigenvalue weighted by molar-refractivity contribution is 5.80. The molecule has 2 aromatic rings. The van der Waals surface area contributed by atoms with Crippen molar-refractivity contribution in [2.75, 3.05) is 27.8 Å². The van der Waals surface area contributed by atoms with Gasteiger partial charge in [0.1, 0.15) is 11.5 Å². The van der Waals surface area contributed by atoms with Crippen molar-refractivity contribution in [3.63, 3.8) is 0 Å². The molecule has 2 N–H and O–H groups in total. The van der Waals surface area contributed by atoms with E-state index in [0.29, 0.717) is 24.7 Å². The van der Waals surface area contributed by atoms with Gasteiger partial charge >= 0.3 is 0 Å². The molecular formula is C22H26N4O4. The monoisotopic (exact) mass is 410 g/mol. The zero-order valence-electron chi connectivity index (χ0n) is 17.4. The summed E-state index contributed by atoms with van der Waals surface area (Å²) in [5.41, 5.74) is 9.07. The van der Waals surface area contributed by atoms with Crippen LogP contribution in [0, 0.1) is 10.1 Å². The summed E-state index contributed by atoms with van der Waals surface area (Å²) in [6, 6.07) is 10.9. The quantitative estimate of drug-likeness (QED) is 0.580. The number of nitrogens with two attached hydrogens (primary N) is 1.